The minimum absolute atomic E-state index is 0.264. The molecule has 0 saturated carbocycles. The molecule has 3 heteroatoms. The molecule has 0 rings (SSSR count). The fourth-order valence-corrected chi connectivity index (χ4v) is 0.866. The molecule has 3 N–H and O–H groups in total. The zero-order valence-corrected chi connectivity index (χ0v) is 6.34. The lowest BCUT2D eigenvalue weighted by atomic mass is 10.0. The standard InChI is InChI=1S/C7H15NO2/c1-6(3-2-4-8)5-7(9)10/h6H,2-5,8H2,1H3,(H,9,10)/t6-/m1/s1. The second-order valence-electron chi connectivity index (χ2n) is 2.63. The fraction of sp³-hybridized carbons (Fsp3) is 0.857. The molecular weight excluding hydrogens is 130 g/mol. The molecule has 0 aromatic rings. The fourth-order valence-electron chi connectivity index (χ4n) is 0.866. The summed E-state index contributed by atoms with van der Waals surface area (Å²) in [5.74, 6) is -0.453. The maximum atomic E-state index is 10.1. The van der Waals surface area contributed by atoms with E-state index in [1.54, 1.807) is 0 Å². The summed E-state index contributed by atoms with van der Waals surface area (Å²) in [4.78, 5) is 10.1. The first kappa shape index (κ1) is 9.43. The second-order valence-corrected chi connectivity index (χ2v) is 2.63. The van der Waals surface area contributed by atoms with Crippen molar-refractivity contribution in [3.8, 4) is 0 Å². The minimum atomic E-state index is -0.718. The molecule has 0 spiro atoms. The number of hydrogen-bond acceptors (Lipinski definition) is 2. The predicted molar refractivity (Wildman–Crippen MR) is 39.7 cm³/mol. The van der Waals surface area contributed by atoms with Crippen molar-refractivity contribution in [2.24, 2.45) is 11.7 Å². The first-order valence-electron chi connectivity index (χ1n) is 3.58. The molecule has 0 aliphatic rings. The Morgan fingerprint density at radius 1 is 1.70 bits per heavy atom. The van der Waals surface area contributed by atoms with Crippen molar-refractivity contribution in [3.05, 3.63) is 0 Å². The van der Waals surface area contributed by atoms with Gasteiger partial charge in [-0.25, -0.2) is 0 Å². The zero-order valence-electron chi connectivity index (χ0n) is 6.34. The molecule has 1 atom stereocenters. The minimum Gasteiger partial charge on any atom is -0.481 e. The average Bonchev–Trinajstić information content (AvgIpc) is 1.82. The first-order chi connectivity index (χ1) is 4.66. The summed E-state index contributed by atoms with van der Waals surface area (Å²) in [7, 11) is 0. The van der Waals surface area contributed by atoms with Gasteiger partial charge in [-0.05, 0) is 25.3 Å². The number of carboxylic acids is 1. The van der Waals surface area contributed by atoms with Crippen molar-refractivity contribution in [1.29, 1.82) is 0 Å². The zero-order chi connectivity index (χ0) is 7.98. The maximum Gasteiger partial charge on any atom is 0.303 e. The Hall–Kier alpha value is -0.570. The molecule has 60 valence electrons. The Balaban J connectivity index is 3.25. The average molecular weight is 145 g/mol. The molecule has 0 unspecified atom stereocenters. The Kier molecular flexibility index (Phi) is 4.94. The van der Waals surface area contributed by atoms with Gasteiger partial charge < -0.3 is 10.8 Å². The highest BCUT2D eigenvalue weighted by Crippen LogP contribution is 2.08. The summed E-state index contributed by atoms with van der Waals surface area (Å²) in [5.41, 5.74) is 5.26. The quantitative estimate of drug-likeness (QED) is 0.602. The Labute approximate surface area is 61.2 Å². The smallest absolute Gasteiger partial charge is 0.303 e. The highest BCUT2D eigenvalue weighted by atomic mass is 16.4. The maximum absolute atomic E-state index is 10.1. The van der Waals surface area contributed by atoms with Crippen LogP contribution in [0.5, 0.6) is 0 Å². The normalized spacial score (nSPS) is 13.0. The highest BCUT2D eigenvalue weighted by Gasteiger charge is 2.05. The van der Waals surface area contributed by atoms with E-state index in [9.17, 15) is 4.79 Å². The van der Waals surface area contributed by atoms with E-state index >= 15 is 0 Å². The van der Waals surface area contributed by atoms with Gasteiger partial charge in [-0.2, -0.15) is 0 Å². The molecule has 10 heavy (non-hydrogen) atoms. The van der Waals surface area contributed by atoms with Crippen molar-refractivity contribution >= 4 is 5.97 Å². The first-order valence-corrected chi connectivity index (χ1v) is 3.58. The lowest BCUT2D eigenvalue weighted by Crippen LogP contribution is -2.07. The van der Waals surface area contributed by atoms with E-state index in [0.29, 0.717) is 6.54 Å². The van der Waals surface area contributed by atoms with E-state index in [0.717, 1.165) is 12.8 Å². The van der Waals surface area contributed by atoms with Gasteiger partial charge in [-0.1, -0.05) is 6.92 Å². The van der Waals surface area contributed by atoms with Crippen LogP contribution in [0.4, 0.5) is 0 Å². The molecule has 0 aliphatic carbocycles. The number of nitrogens with two attached hydrogens (primary N) is 1. The molecule has 3 nitrogen and oxygen atoms in total. The van der Waals surface area contributed by atoms with E-state index in [4.69, 9.17) is 10.8 Å². The van der Waals surface area contributed by atoms with Crippen molar-refractivity contribution in [1.82, 2.24) is 0 Å². The van der Waals surface area contributed by atoms with Gasteiger partial charge in [0.2, 0.25) is 0 Å². The third-order valence-corrected chi connectivity index (χ3v) is 1.42. The summed E-state index contributed by atoms with van der Waals surface area (Å²) in [6.45, 7) is 2.59. The predicted octanol–water partition coefficient (Wildman–Crippen LogP) is 0.836. The lowest BCUT2D eigenvalue weighted by Gasteiger charge is -2.05. The van der Waals surface area contributed by atoms with E-state index in [2.05, 4.69) is 0 Å². The Morgan fingerprint density at radius 2 is 2.30 bits per heavy atom. The van der Waals surface area contributed by atoms with Gasteiger partial charge in [0.05, 0.1) is 0 Å². The van der Waals surface area contributed by atoms with Gasteiger partial charge in [-0.3, -0.25) is 4.79 Å². The highest BCUT2D eigenvalue weighted by molar-refractivity contribution is 5.66. The summed E-state index contributed by atoms with van der Waals surface area (Å²) in [5, 5.41) is 8.35. The molecule has 0 heterocycles. The van der Waals surface area contributed by atoms with Gasteiger partial charge in [0.15, 0.2) is 0 Å². The van der Waals surface area contributed by atoms with Crippen LogP contribution in [0.15, 0.2) is 0 Å². The van der Waals surface area contributed by atoms with E-state index in [-0.39, 0.29) is 12.3 Å². The second kappa shape index (κ2) is 5.23. The Morgan fingerprint density at radius 3 is 2.70 bits per heavy atom. The molecule has 0 aliphatic heterocycles. The topological polar surface area (TPSA) is 63.3 Å². The number of carboxylic acid groups (broad SMARTS) is 1. The molecule has 0 saturated heterocycles. The van der Waals surface area contributed by atoms with Crippen LogP contribution < -0.4 is 5.73 Å². The number of aliphatic carboxylic acids is 1. The van der Waals surface area contributed by atoms with E-state index < -0.39 is 5.97 Å². The van der Waals surface area contributed by atoms with Crippen molar-refractivity contribution in [2.45, 2.75) is 26.2 Å². The van der Waals surface area contributed by atoms with E-state index in [1.165, 1.54) is 0 Å². The van der Waals surface area contributed by atoms with Crippen LogP contribution in [0, 0.1) is 5.92 Å². The van der Waals surface area contributed by atoms with Crippen LogP contribution in [0.2, 0.25) is 0 Å². The van der Waals surface area contributed by atoms with Crippen LogP contribution in [-0.4, -0.2) is 17.6 Å². The lowest BCUT2D eigenvalue weighted by molar-refractivity contribution is -0.138. The number of carbonyl (C=O) groups is 1. The molecule has 0 bridgehead atoms. The summed E-state index contributed by atoms with van der Waals surface area (Å²) >= 11 is 0. The molecule has 0 aromatic carbocycles. The van der Waals surface area contributed by atoms with Crippen LogP contribution >= 0.6 is 0 Å². The van der Waals surface area contributed by atoms with Gasteiger partial charge in [0.1, 0.15) is 0 Å². The van der Waals surface area contributed by atoms with Gasteiger partial charge in [-0.15, -0.1) is 0 Å². The molecule has 0 aromatic heterocycles. The Bertz CT molecular complexity index is 104. The molecular formula is C7H15NO2. The largest absolute Gasteiger partial charge is 0.481 e. The third-order valence-electron chi connectivity index (χ3n) is 1.42. The van der Waals surface area contributed by atoms with Crippen LogP contribution in [0.1, 0.15) is 26.2 Å². The third kappa shape index (κ3) is 5.56. The monoisotopic (exact) mass is 145 g/mol. The van der Waals surface area contributed by atoms with Crippen LogP contribution in [-0.2, 0) is 4.79 Å². The summed E-state index contributed by atoms with van der Waals surface area (Å²) in [6, 6.07) is 0. The molecule has 0 radical (unpaired) electrons. The van der Waals surface area contributed by atoms with Crippen molar-refractivity contribution in [2.75, 3.05) is 6.54 Å². The van der Waals surface area contributed by atoms with Crippen LogP contribution in [0.25, 0.3) is 0 Å². The van der Waals surface area contributed by atoms with Gasteiger partial charge in [0.25, 0.3) is 0 Å². The van der Waals surface area contributed by atoms with Gasteiger partial charge >= 0.3 is 5.97 Å². The van der Waals surface area contributed by atoms with Gasteiger partial charge in [0, 0.05) is 6.42 Å². The molecule has 0 amide bonds. The van der Waals surface area contributed by atoms with Crippen LogP contribution in [0.3, 0.4) is 0 Å². The summed E-state index contributed by atoms with van der Waals surface area (Å²) < 4.78 is 0. The van der Waals surface area contributed by atoms with E-state index in [1.807, 2.05) is 6.92 Å². The van der Waals surface area contributed by atoms with Crippen molar-refractivity contribution in [3.63, 3.8) is 0 Å². The molecule has 0 fully saturated rings. The van der Waals surface area contributed by atoms with Crippen molar-refractivity contribution < 1.29 is 9.90 Å². The SMILES string of the molecule is C[C@H](CCCN)CC(=O)O. The number of rotatable bonds is 5. The summed E-state index contributed by atoms with van der Waals surface area (Å²) in [6.07, 6.45) is 2.11. The number of hydrogen-bond donors (Lipinski definition) is 2.